The van der Waals surface area contributed by atoms with Gasteiger partial charge in [0.1, 0.15) is 0 Å². The second-order valence-electron chi connectivity index (χ2n) is 2.59. The number of phenolic OH excluding ortho intramolecular Hbond substituents is 2. The van der Waals surface area contributed by atoms with Gasteiger partial charge in [-0.05, 0) is 17.7 Å². The highest BCUT2D eigenvalue weighted by atomic mass is 16.3. The van der Waals surface area contributed by atoms with Gasteiger partial charge in [0.2, 0.25) is 0 Å². The van der Waals surface area contributed by atoms with Crippen LogP contribution in [0.3, 0.4) is 0 Å². The van der Waals surface area contributed by atoms with Gasteiger partial charge < -0.3 is 21.7 Å². The van der Waals surface area contributed by atoms with Crippen LogP contribution in [0.25, 0.3) is 0 Å². The van der Waals surface area contributed by atoms with Crippen LogP contribution in [0.4, 0.5) is 0 Å². The van der Waals surface area contributed by atoms with Crippen molar-refractivity contribution in [2.24, 2.45) is 11.5 Å². The first-order chi connectivity index (χ1) is 5.65. The van der Waals surface area contributed by atoms with Gasteiger partial charge in [0.05, 0.1) is 0 Å². The Morgan fingerprint density at radius 2 is 1.92 bits per heavy atom. The van der Waals surface area contributed by atoms with Gasteiger partial charge in [-0.1, -0.05) is 6.07 Å². The SMILES string of the molecule is NC[C@@H](N)c1ccc(O)c(O)c1. The molecule has 0 aliphatic heterocycles. The van der Waals surface area contributed by atoms with Gasteiger partial charge in [0.15, 0.2) is 11.5 Å². The third-order valence-electron chi connectivity index (χ3n) is 1.68. The molecule has 1 rings (SSSR count). The molecule has 0 amide bonds. The molecular formula is C8H12N2O2. The zero-order valence-electron chi connectivity index (χ0n) is 6.57. The molecule has 0 aromatic heterocycles. The summed E-state index contributed by atoms with van der Waals surface area (Å²) in [7, 11) is 0. The minimum atomic E-state index is -0.295. The summed E-state index contributed by atoms with van der Waals surface area (Å²) in [5.41, 5.74) is 11.6. The molecule has 66 valence electrons. The van der Waals surface area contributed by atoms with E-state index in [1.807, 2.05) is 0 Å². The number of hydrogen-bond acceptors (Lipinski definition) is 4. The van der Waals surface area contributed by atoms with Crippen LogP contribution in [0, 0.1) is 0 Å². The van der Waals surface area contributed by atoms with Crippen LogP contribution in [0.5, 0.6) is 11.5 Å². The highest BCUT2D eigenvalue weighted by molar-refractivity contribution is 5.41. The van der Waals surface area contributed by atoms with Crippen molar-refractivity contribution in [1.29, 1.82) is 0 Å². The molecule has 1 aromatic carbocycles. The van der Waals surface area contributed by atoms with E-state index in [4.69, 9.17) is 21.7 Å². The third-order valence-corrected chi connectivity index (χ3v) is 1.68. The molecule has 0 bridgehead atoms. The van der Waals surface area contributed by atoms with Crippen molar-refractivity contribution in [3.8, 4) is 11.5 Å². The summed E-state index contributed by atoms with van der Waals surface area (Å²) in [4.78, 5) is 0. The standard InChI is InChI=1S/C8H12N2O2/c9-4-6(10)5-1-2-7(11)8(12)3-5/h1-3,6,11-12H,4,9-10H2/t6-/m1/s1. The van der Waals surface area contributed by atoms with Crippen LogP contribution in [-0.2, 0) is 0 Å². The lowest BCUT2D eigenvalue weighted by molar-refractivity contribution is 0.402. The average Bonchev–Trinajstić information content (AvgIpc) is 2.08. The molecule has 0 unspecified atom stereocenters. The molecular weight excluding hydrogens is 156 g/mol. The smallest absolute Gasteiger partial charge is 0.157 e. The Morgan fingerprint density at radius 1 is 1.25 bits per heavy atom. The number of phenols is 2. The molecule has 0 saturated heterocycles. The molecule has 0 fully saturated rings. The minimum Gasteiger partial charge on any atom is -0.504 e. The van der Waals surface area contributed by atoms with E-state index in [9.17, 15) is 0 Å². The fourth-order valence-electron chi connectivity index (χ4n) is 0.907. The summed E-state index contributed by atoms with van der Waals surface area (Å²) in [6, 6.07) is 4.14. The molecule has 6 N–H and O–H groups in total. The van der Waals surface area contributed by atoms with Crippen molar-refractivity contribution in [1.82, 2.24) is 0 Å². The molecule has 4 nitrogen and oxygen atoms in total. The zero-order chi connectivity index (χ0) is 9.14. The normalized spacial score (nSPS) is 12.8. The van der Waals surface area contributed by atoms with E-state index in [1.54, 1.807) is 6.07 Å². The Balaban J connectivity index is 2.96. The summed E-state index contributed by atoms with van der Waals surface area (Å²) in [5, 5.41) is 18.1. The second kappa shape index (κ2) is 3.42. The Morgan fingerprint density at radius 3 is 2.42 bits per heavy atom. The summed E-state index contributed by atoms with van der Waals surface area (Å²) in [6.45, 7) is 0.310. The maximum absolute atomic E-state index is 9.10. The number of nitrogens with two attached hydrogens (primary N) is 2. The monoisotopic (exact) mass is 168 g/mol. The van der Waals surface area contributed by atoms with Crippen LogP contribution in [-0.4, -0.2) is 16.8 Å². The zero-order valence-corrected chi connectivity index (χ0v) is 6.57. The average molecular weight is 168 g/mol. The lowest BCUT2D eigenvalue weighted by Gasteiger charge is -2.09. The lowest BCUT2D eigenvalue weighted by atomic mass is 10.1. The molecule has 4 heteroatoms. The van der Waals surface area contributed by atoms with Crippen molar-refractivity contribution in [3.05, 3.63) is 23.8 Å². The molecule has 12 heavy (non-hydrogen) atoms. The predicted octanol–water partition coefficient (Wildman–Crippen LogP) is 0.0563. The molecule has 0 spiro atoms. The fraction of sp³-hybridized carbons (Fsp3) is 0.250. The van der Waals surface area contributed by atoms with Gasteiger partial charge in [-0.25, -0.2) is 0 Å². The van der Waals surface area contributed by atoms with Crippen LogP contribution in [0.15, 0.2) is 18.2 Å². The maximum atomic E-state index is 9.10. The number of benzene rings is 1. The number of rotatable bonds is 2. The molecule has 0 radical (unpaired) electrons. The van der Waals surface area contributed by atoms with Crippen LogP contribution in [0.2, 0.25) is 0 Å². The van der Waals surface area contributed by atoms with Crippen molar-refractivity contribution in [2.45, 2.75) is 6.04 Å². The Hall–Kier alpha value is -1.26. The minimum absolute atomic E-state index is 0.150. The van der Waals surface area contributed by atoms with Gasteiger partial charge in [0.25, 0.3) is 0 Å². The van der Waals surface area contributed by atoms with E-state index in [0.717, 1.165) is 0 Å². The predicted molar refractivity (Wildman–Crippen MR) is 45.8 cm³/mol. The van der Waals surface area contributed by atoms with E-state index in [-0.39, 0.29) is 17.5 Å². The van der Waals surface area contributed by atoms with Gasteiger partial charge in [-0.2, -0.15) is 0 Å². The van der Waals surface area contributed by atoms with E-state index >= 15 is 0 Å². The van der Waals surface area contributed by atoms with E-state index in [0.29, 0.717) is 12.1 Å². The largest absolute Gasteiger partial charge is 0.504 e. The van der Waals surface area contributed by atoms with Crippen molar-refractivity contribution in [3.63, 3.8) is 0 Å². The first-order valence-corrected chi connectivity index (χ1v) is 3.62. The first-order valence-electron chi connectivity index (χ1n) is 3.62. The summed E-state index contributed by atoms with van der Waals surface area (Å²) >= 11 is 0. The Labute approximate surface area is 70.4 Å². The topological polar surface area (TPSA) is 92.5 Å². The second-order valence-corrected chi connectivity index (χ2v) is 2.59. The Bertz CT molecular complexity index is 276. The van der Waals surface area contributed by atoms with Crippen molar-refractivity contribution >= 4 is 0 Å². The Kier molecular flexibility index (Phi) is 2.52. The highest BCUT2D eigenvalue weighted by Crippen LogP contribution is 2.26. The molecule has 1 atom stereocenters. The van der Waals surface area contributed by atoms with Gasteiger partial charge in [-0.15, -0.1) is 0 Å². The highest BCUT2D eigenvalue weighted by Gasteiger charge is 2.06. The molecule has 0 heterocycles. The molecule has 0 saturated carbocycles. The number of aromatic hydroxyl groups is 2. The quantitative estimate of drug-likeness (QED) is 0.470. The summed E-state index contributed by atoms with van der Waals surface area (Å²) in [6.07, 6.45) is 0. The van der Waals surface area contributed by atoms with Crippen LogP contribution >= 0.6 is 0 Å². The number of hydrogen-bond donors (Lipinski definition) is 4. The van der Waals surface area contributed by atoms with E-state index in [2.05, 4.69) is 0 Å². The summed E-state index contributed by atoms with van der Waals surface area (Å²) < 4.78 is 0. The van der Waals surface area contributed by atoms with Gasteiger partial charge >= 0.3 is 0 Å². The summed E-state index contributed by atoms with van der Waals surface area (Å²) in [5.74, 6) is -0.320. The maximum Gasteiger partial charge on any atom is 0.157 e. The van der Waals surface area contributed by atoms with Crippen LogP contribution < -0.4 is 11.5 Å². The van der Waals surface area contributed by atoms with E-state index < -0.39 is 0 Å². The fourth-order valence-corrected chi connectivity index (χ4v) is 0.907. The first kappa shape index (κ1) is 8.83. The van der Waals surface area contributed by atoms with E-state index in [1.165, 1.54) is 12.1 Å². The lowest BCUT2D eigenvalue weighted by Crippen LogP contribution is -2.20. The molecule has 0 aliphatic carbocycles. The molecule has 1 aromatic rings. The third kappa shape index (κ3) is 1.66. The van der Waals surface area contributed by atoms with Crippen LogP contribution in [0.1, 0.15) is 11.6 Å². The van der Waals surface area contributed by atoms with Gasteiger partial charge in [-0.3, -0.25) is 0 Å². The molecule has 0 aliphatic rings. The van der Waals surface area contributed by atoms with Crippen molar-refractivity contribution < 1.29 is 10.2 Å². The van der Waals surface area contributed by atoms with Gasteiger partial charge in [0, 0.05) is 12.6 Å². The van der Waals surface area contributed by atoms with Crippen molar-refractivity contribution in [2.75, 3.05) is 6.54 Å².